The van der Waals surface area contributed by atoms with E-state index in [1.54, 1.807) is 64.4 Å². The molecule has 672 valence electrons. The van der Waals surface area contributed by atoms with Gasteiger partial charge in [-0.3, -0.25) is 14.4 Å². The Morgan fingerprint density at radius 1 is 0.421 bits per heavy atom. The molecule has 5 fully saturated rings. The van der Waals surface area contributed by atoms with E-state index in [0.717, 1.165) is 88.3 Å². The second-order valence-corrected chi connectivity index (χ2v) is 29.3. The fraction of sp³-hybridized carbons (Fsp3) is 0.776. The molecule has 14 nitrogen and oxygen atoms in total. The first-order chi connectivity index (χ1) is 53.8. The number of carbonyl (C=O) groups is 4. The molecule has 5 aliphatic rings. The third-order valence-electron chi connectivity index (χ3n) is 17.4. The Balaban J connectivity index is -0.0000000995. The van der Waals surface area contributed by atoms with Gasteiger partial charge in [0.25, 0.3) is 0 Å². The number of esters is 4. The number of ether oxygens (including phenoxy) is 6. The van der Waals surface area contributed by atoms with Crippen molar-refractivity contribution >= 4 is 23.9 Å². The second-order valence-electron chi connectivity index (χ2n) is 29.3. The fourth-order valence-corrected chi connectivity index (χ4v) is 10.9. The third-order valence-corrected chi connectivity index (χ3v) is 17.4. The molecule has 2 radical (unpaired) electrons. The van der Waals surface area contributed by atoms with Crippen LogP contribution in [0.25, 0.3) is 0 Å². The van der Waals surface area contributed by atoms with Crippen molar-refractivity contribution in [2.75, 3.05) is 60.8 Å². The van der Waals surface area contributed by atoms with E-state index in [2.05, 4.69) is 173 Å². The van der Waals surface area contributed by atoms with E-state index in [9.17, 15) is 19.2 Å². The molecule has 16 heteroatoms. The predicted molar refractivity (Wildman–Crippen MR) is 485 cm³/mol. The number of aryl methyl sites for hydroxylation is 2. The molecule has 0 heterocycles. The maximum Gasteiger partial charge on any atom is 0.340 e. The Hall–Kier alpha value is -2.49. The Labute approximate surface area is 758 Å². The molecule has 0 saturated heterocycles. The number of aliphatic hydroxyl groups excluding tert-OH is 4. The molecule has 114 heavy (non-hydrogen) atoms. The van der Waals surface area contributed by atoms with Crippen LogP contribution < -0.4 is 0 Å². The van der Waals surface area contributed by atoms with Gasteiger partial charge in [-0.25, -0.2) is 4.79 Å². The maximum absolute atomic E-state index is 11.2. The van der Waals surface area contributed by atoms with E-state index < -0.39 is 11.9 Å². The summed E-state index contributed by atoms with van der Waals surface area (Å²) in [4.78, 5) is 42.5. The van der Waals surface area contributed by atoms with E-state index >= 15 is 0 Å². The molecule has 0 aliphatic heterocycles. The van der Waals surface area contributed by atoms with E-state index in [4.69, 9.17) is 29.9 Å². The molecule has 3 aromatic carbocycles. The summed E-state index contributed by atoms with van der Waals surface area (Å²) in [5.41, 5.74) is 3.16. The molecule has 0 spiro atoms. The van der Waals surface area contributed by atoms with Gasteiger partial charge in [0.1, 0.15) is 0 Å². The van der Waals surface area contributed by atoms with Crippen LogP contribution in [0.3, 0.4) is 0 Å². The summed E-state index contributed by atoms with van der Waals surface area (Å²) in [6.45, 7) is 55.9. The first kappa shape index (κ1) is 138. The van der Waals surface area contributed by atoms with Crippen molar-refractivity contribution in [2.24, 2.45) is 47.3 Å². The fourth-order valence-electron chi connectivity index (χ4n) is 10.9. The molecule has 0 amide bonds. The zero-order valence-electron chi connectivity index (χ0n) is 80.0. The van der Waals surface area contributed by atoms with Crippen molar-refractivity contribution in [3.05, 3.63) is 108 Å². The molecule has 0 aromatic heterocycles. The van der Waals surface area contributed by atoms with Gasteiger partial charge in [-0.15, -0.1) is 0 Å². The topological polar surface area (TPSA) is 205 Å². The summed E-state index contributed by atoms with van der Waals surface area (Å²) in [6.07, 6.45) is 44.6. The van der Waals surface area contributed by atoms with Crippen LogP contribution in [0.2, 0.25) is 0 Å². The normalized spacial score (nSPS) is 16.0. The van der Waals surface area contributed by atoms with E-state index in [-0.39, 0.29) is 104 Å². The van der Waals surface area contributed by atoms with Crippen LogP contribution in [0, 0.1) is 54.3 Å². The molecule has 4 N–H and O–H groups in total. The minimum Gasteiger partial charge on any atom is -0.428 e. The van der Waals surface area contributed by atoms with Crippen LogP contribution in [0.4, 0.5) is 0 Å². The molecular weight excluding hydrogens is 1580 g/mol. The third kappa shape index (κ3) is 123. The van der Waals surface area contributed by atoms with Crippen LogP contribution in [-0.2, 0) is 115 Å². The van der Waals surface area contributed by atoms with Crippen LogP contribution in [0.5, 0.6) is 0 Å². The smallest absolute Gasteiger partial charge is 0.340 e. The SMILES string of the molecule is CC.CC(=O)OCOC(=O)c1ccccc1.CC1CCC(CC2CCC(C)CC2)CC1.CC1CCCCC1.CC1CCCCC1.CCC.CCC.CCC.CCC(=O)OCOC(=O)CC.CCC(C)OCC(C)C.CCC1CCCCC1.CCO.CCO.CCOCC.CCc1ccccc1.CO.CO.Cc1ccccc1.[Y].[Y]. The van der Waals surface area contributed by atoms with Gasteiger partial charge >= 0.3 is 23.9 Å². The first-order valence-corrected chi connectivity index (χ1v) is 44.9. The minimum absolute atomic E-state index is 0. The molecule has 5 aliphatic carbocycles. The summed E-state index contributed by atoms with van der Waals surface area (Å²) in [7, 11) is 2.00. The van der Waals surface area contributed by atoms with Crippen molar-refractivity contribution in [3.63, 3.8) is 0 Å². The van der Waals surface area contributed by atoms with Crippen LogP contribution in [0.1, 0.15) is 394 Å². The van der Waals surface area contributed by atoms with Gasteiger partial charge in [-0.05, 0) is 126 Å². The Bertz CT molecular complexity index is 2080. The minimum atomic E-state index is -0.508. The Morgan fingerprint density at radius 2 is 0.728 bits per heavy atom. The van der Waals surface area contributed by atoms with Crippen molar-refractivity contribution in [1.29, 1.82) is 0 Å². The van der Waals surface area contributed by atoms with Crippen molar-refractivity contribution in [3.8, 4) is 0 Å². The van der Waals surface area contributed by atoms with Gasteiger partial charge in [0.15, 0.2) is 0 Å². The molecule has 3 aromatic rings. The Kier molecular flexibility index (Phi) is 144. The summed E-state index contributed by atoms with van der Waals surface area (Å²) in [5, 5.41) is 29.1. The average molecular weight is 1770 g/mol. The van der Waals surface area contributed by atoms with Gasteiger partial charge in [-0.2, -0.15) is 0 Å². The zero-order valence-corrected chi connectivity index (χ0v) is 85.6. The molecule has 1 atom stereocenters. The van der Waals surface area contributed by atoms with Crippen LogP contribution in [0.15, 0.2) is 91.0 Å². The number of benzene rings is 3. The monoisotopic (exact) mass is 1770 g/mol. The van der Waals surface area contributed by atoms with Gasteiger partial charge in [-0.1, -0.05) is 389 Å². The number of hydrogen-bond donors (Lipinski definition) is 4. The summed E-state index contributed by atoms with van der Waals surface area (Å²) >= 11 is 0. The summed E-state index contributed by atoms with van der Waals surface area (Å²) in [5.74, 6) is 6.34. The van der Waals surface area contributed by atoms with Crippen molar-refractivity contribution in [2.45, 2.75) is 392 Å². The number of hydrogen-bond acceptors (Lipinski definition) is 14. The van der Waals surface area contributed by atoms with Crippen molar-refractivity contribution in [1.82, 2.24) is 0 Å². The van der Waals surface area contributed by atoms with Crippen molar-refractivity contribution < 1.29 is 133 Å². The molecule has 0 bridgehead atoms. The second kappa shape index (κ2) is 119. The van der Waals surface area contributed by atoms with Crippen LogP contribution >= 0.6 is 0 Å². The zero-order chi connectivity index (χ0) is 87.7. The first-order valence-electron chi connectivity index (χ1n) is 44.9. The van der Waals surface area contributed by atoms with E-state index in [1.165, 1.54) is 191 Å². The number of rotatable bonds is 17. The van der Waals surface area contributed by atoms with Crippen LogP contribution in [-0.4, -0.2) is 111 Å². The van der Waals surface area contributed by atoms with Gasteiger partial charge < -0.3 is 48.8 Å². The maximum atomic E-state index is 11.2. The average Bonchev–Trinajstić information content (AvgIpc) is 0.881. The number of carbonyl (C=O) groups excluding carboxylic acids is 4. The standard InChI is InChI=1S/C15H28.C10H10O4.C8H18O.C8H16.C8H10.C7H12O4.2C7H14.C7H8.C4H10O.3C3H8.2C2H6O.C2H6.2CH4O.2Y/c1-12-3-7-14(8-4-12)11-15-9-5-13(2)6-10-15;1-8(11)13-7-14-10(12)9-5-3-2-4-6-9;1-5-8(4)9-6-7(2)3;2*1-2-8-6-4-3-5-7-8;1-3-6(8)10-5-11-7(9)4-2;3*1-7-5-3-2-4-6-7;1-3-5-4-2;3*1-3-2;2*1-2-3;3*1-2;;/h12-15H,3-11H2,1-2H3;2-6H,7H2,1H3;7-8H,5-6H2,1-4H3;8H,2-7H2,1H3;3-7H,2H2,1H3;3-5H2,1-2H3;2*7H,2-6H2,1H3;2-6H,1H3;3-4H2,1-2H3;3*3H2,1-2H3;2*3H,2H2,1H3;1-2H3;2*2H,1H3;;. The van der Waals surface area contributed by atoms with Gasteiger partial charge in [0.05, 0.1) is 11.7 Å². The number of aliphatic hydroxyl groups is 4. The summed E-state index contributed by atoms with van der Waals surface area (Å²) in [6, 6.07) is 29.2. The molecule has 8 rings (SSSR count). The van der Waals surface area contributed by atoms with Gasteiger partial charge in [0.2, 0.25) is 13.6 Å². The molecule has 5 saturated carbocycles. The summed E-state index contributed by atoms with van der Waals surface area (Å²) < 4.78 is 28.4. The molecular formula is C98H190O14Y2. The largest absolute Gasteiger partial charge is 0.428 e. The van der Waals surface area contributed by atoms with Gasteiger partial charge in [0, 0.05) is 132 Å². The quantitative estimate of drug-likeness (QED) is 0.0733. The van der Waals surface area contributed by atoms with E-state index in [1.807, 2.05) is 52.0 Å². The molecule has 1 unspecified atom stereocenters. The Morgan fingerprint density at radius 3 is 0.956 bits per heavy atom. The van der Waals surface area contributed by atoms with E-state index in [0.29, 0.717) is 30.4 Å². The predicted octanol–water partition coefficient (Wildman–Crippen LogP) is 27.6.